The fourth-order valence-corrected chi connectivity index (χ4v) is 0.215. The molecule has 0 radical (unpaired) electrons. The van der Waals surface area contributed by atoms with E-state index in [2.05, 4.69) is 5.92 Å². The summed E-state index contributed by atoms with van der Waals surface area (Å²) in [5.41, 5.74) is 1.23. The van der Waals surface area contributed by atoms with Gasteiger partial charge in [0.1, 0.15) is 0 Å². The van der Waals surface area contributed by atoms with E-state index in [1.54, 1.807) is 6.42 Å². The smallest absolute Gasteiger partial charge is 0.00130 e. The zero-order valence-electron chi connectivity index (χ0n) is 4.73. The fourth-order valence-electron chi connectivity index (χ4n) is 0.215. The molecule has 36 valence electrons. The largest absolute Gasteiger partial charge is 0.0915 e. The third kappa shape index (κ3) is 5.17. The van der Waals surface area contributed by atoms with Crippen molar-refractivity contribution in [3.63, 3.8) is 0 Å². The minimum absolute atomic E-state index is 1.23. The highest BCUT2D eigenvalue weighted by atomic mass is 13.8. The summed E-state index contributed by atoms with van der Waals surface area (Å²) in [5, 5.41) is 0. The summed E-state index contributed by atoms with van der Waals surface area (Å²) < 4.78 is 0. The maximum absolute atomic E-state index is 4.93. The number of hydrogen-bond acceptors (Lipinski definition) is 0. The average molecular weight is 93.1 g/mol. The first-order chi connectivity index (χ1) is 3.27. The summed E-state index contributed by atoms with van der Waals surface area (Å²) in [6.45, 7) is 4.02. The lowest BCUT2D eigenvalue weighted by atomic mass is 10.3. The van der Waals surface area contributed by atoms with Gasteiger partial charge in [-0.3, -0.25) is 0 Å². The third-order valence-electron chi connectivity index (χ3n) is 0.513. The minimum atomic E-state index is 1.23. The van der Waals surface area contributed by atoms with Gasteiger partial charge in [-0.1, -0.05) is 0 Å². The second-order valence-corrected chi connectivity index (χ2v) is 1.58. The van der Waals surface area contributed by atoms with Gasteiger partial charge in [-0.05, 0) is 0 Å². The minimum Gasteiger partial charge on any atom is 0.00130 e. The molecule has 0 spiro atoms. The molecule has 0 aromatic heterocycles. The van der Waals surface area contributed by atoms with Gasteiger partial charge in [-0.25, -0.2) is 0 Å². The Bertz CT molecular complexity index is 97.7. The van der Waals surface area contributed by atoms with E-state index in [-0.39, 0.29) is 0 Å². The molecular formula is C7H9+. The SMILES string of the molecule is C#C[CH+]C=C(C)C. The zero-order valence-corrected chi connectivity index (χ0v) is 4.73. The average Bonchev–Trinajstić information content (AvgIpc) is 1.61. The van der Waals surface area contributed by atoms with Crippen LogP contribution in [-0.4, -0.2) is 0 Å². The van der Waals surface area contributed by atoms with Gasteiger partial charge in [-0.2, -0.15) is 0 Å². The van der Waals surface area contributed by atoms with Crippen molar-refractivity contribution in [2.24, 2.45) is 0 Å². The Morgan fingerprint density at radius 2 is 2.29 bits per heavy atom. The number of terminal acetylenes is 1. The molecular weight excluding hydrogens is 84.1 g/mol. The highest BCUT2D eigenvalue weighted by Gasteiger charge is 1.79. The molecule has 0 atom stereocenters. The van der Waals surface area contributed by atoms with Crippen LogP contribution >= 0.6 is 0 Å². The normalized spacial score (nSPS) is 6.43. The molecule has 0 aliphatic rings. The summed E-state index contributed by atoms with van der Waals surface area (Å²) >= 11 is 0. The Labute approximate surface area is 45.2 Å². The number of hydrogen-bond donors (Lipinski definition) is 0. The van der Waals surface area contributed by atoms with Crippen LogP contribution in [0.15, 0.2) is 11.6 Å². The van der Waals surface area contributed by atoms with E-state index in [1.807, 2.05) is 19.9 Å². The molecule has 0 saturated heterocycles. The zero-order chi connectivity index (χ0) is 5.70. The van der Waals surface area contributed by atoms with Gasteiger partial charge in [0.25, 0.3) is 0 Å². The van der Waals surface area contributed by atoms with Crippen LogP contribution in [0, 0.1) is 18.8 Å². The van der Waals surface area contributed by atoms with Crippen molar-refractivity contribution in [3.05, 3.63) is 18.1 Å². The van der Waals surface area contributed by atoms with Gasteiger partial charge in [0.15, 0.2) is 0 Å². The van der Waals surface area contributed by atoms with E-state index in [0.29, 0.717) is 0 Å². The molecule has 0 bridgehead atoms. The Kier molecular flexibility index (Phi) is 2.96. The van der Waals surface area contributed by atoms with Crippen molar-refractivity contribution in [1.82, 2.24) is 0 Å². The third-order valence-corrected chi connectivity index (χ3v) is 0.513. The molecule has 0 saturated carbocycles. The van der Waals surface area contributed by atoms with E-state index in [0.717, 1.165) is 0 Å². The molecule has 0 rings (SSSR count). The maximum Gasteiger partial charge on any atom is 0.0915 e. The van der Waals surface area contributed by atoms with Gasteiger partial charge >= 0.3 is 0 Å². The fraction of sp³-hybridized carbons (Fsp3) is 0.286. The van der Waals surface area contributed by atoms with Crippen molar-refractivity contribution in [3.8, 4) is 12.3 Å². The topological polar surface area (TPSA) is 0 Å². The summed E-state index contributed by atoms with van der Waals surface area (Å²) in [5.74, 6) is 2.40. The molecule has 0 nitrogen and oxygen atoms in total. The monoisotopic (exact) mass is 93.1 g/mol. The van der Waals surface area contributed by atoms with E-state index in [4.69, 9.17) is 6.42 Å². The first-order valence-electron chi connectivity index (χ1n) is 2.20. The Morgan fingerprint density at radius 3 is 2.43 bits per heavy atom. The summed E-state index contributed by atoms with van der Waals surface area (Å²) in [6, 6.07) is 0. The van der Waals surface area contributed by atoms with Gasteiger partial charge in [-0.15, -0.1) is 0 Å². The van der Waals surface area contributed by atoms with Crippen molar-refractivity contribution in [2.45, 2.75) is 13.8 Å². The number of rotatable bonds is 1. The Hall–Kier alpha value is -0.830. The van der Waals surface area contributed by atoms with Crippen molar-refractivity contribution < 1.29 is 0 Å². The van der Waals surface area contributed by atoms with Gasteiger partial charge in [0.2, 0.25) is 0 Å². The molecule has 0 aromatic rings. The first kappa shape index (κ1) is 6.17. The van der Waals surface area contributed by atoms with Crippen LogP contribution in [0.4, 0.5) is 0 Å². The van der Waals surface area contributed by atoms with Crippen molar-refractivity contribution >= 4 is 0 Å². The highest BCUT2D eigenvalue weighted by molar-refractivity contribution is 5.16. The summed E-state index contributed by atoms with van der Waals surface area (Å²) in [4.78, 5) is 0. The number of allylic oxidation sites excluding steroid dienone is 2. The predicted octanol–water partition coefficient (Wildman–Crippen LogP) is 1.79. The van der Waals surface area contributed by atoms with Crippen LogP contribution in [0.25, 0.3) is 0 Å². The molecule has 0 aliphatic heterocycles. The first-order valence-corrected chi connectivity index (χ1v) is 2.20. The molecule has 7 heavy (non-hydrogen) atoms. The molecule has 0 unspecified atom stereocenters. The molecule has 0 fully saturated rings. The molecule has 0 amide bonds. The van der Waals surface area contributed by atoms with Crippen LogP contribution in [0.2, 0.25) is 0 Å². The van der Waals surface area contributed by atoms with Crippen molar-refractivity contribution in [2.75, 3.05) is 0 Å². The molecule has 0 heteroatoms. The second kappa shape index (κ2) is 3.36. The predicted molar refractivity (Wildman–Crippen MR) is 32.6 cm³/mol. The summed E-state index contributed by atoms with van der Waals surface area (Å²) in [6.07, 6.45) is 8.52. The van der Waals surface area contributed by atoms with E-state index >= 15 is 0 Å². The van der Waals surface area contributed by atoms with Gasteiger partial charge < -0.3 is 0 Å². The van der Waals surface area contributed by atoms with E-state index in [1.165, 1.54) is 5.57 Å². The quantitative estimate of drug-likeness (QED) is 0.342. The van der Waals surface area contributed by atoms with E-state index in [9.17, 15) is 0 Å². The molecule has 0 heterocycles. The molecule has 0 aliphatic carbocycles. The second-order valence-electron chi connectivity index (χ2n) is 1.58. The van der Waals surface area contributed by atoms with Gasteiger partial charge in [0, 0.05) is 25.8 Å². The van der Waals surface area contributed by atoms with E-state index < -0.39 is 0 Å². The lowest BCUT2D eigenvalue weighted by Gasteiger charge is -1.71. The lowest BCUT2D eigenvalue weighted by molar-refractivity contribution is 1.38. The molecule has 0 N–H and O–H groups in total. The maximum atomic E-state index is 4.93. The van der Waals surface area contributed by atoms with Gasteiger partial charge in [0.05, 0.1) is 18.4 Å². The Balaban J connectivity index is 3.32. The van der Waals surface area contributed by atoms with Crippen LogP contribution in [0.3, 0.4) is 0 Å². The molecule has 0 aromatic carbocycles. The Morgan fingerprint density at radius 1 is 1.71 bits per heavy atom. The van der Waals surface area contributed by atoms with Crippen molar-refractivity contribution in [1.29, 1.82) is 0 Å². The van der Waals surface area contributed by atoms with Crippen LogP contribution in [0.5, 0.6) is 0 Å². The van der Waals surface area contributed by atoms with Crippen LogP contribution in [0.1, 0.15) is 13.8 Å². The lowest BCUT2D eigenvalue weighted by Crippen LogP contribution is -1.62. The van der Waals surface area contributed by atoms with Crippen LogP contribution in [-0.2, 0) is 0 Å². The summed E-state index contributed by atoms with van der Waals surface area (Å²) in [7, 11) is 0. The standard InChI is InChI=1S/C7H9/c1-4-5-6-7(2)3/h1,5-6H,2-3H3/q+1. The highest BCUT2D eigenvalue weighted by Crippen LogP contribution is 1.88. The van der Waals surface area contributed by atoms with Crippen LogP contribution < -0.4 is 0 Å².